The van der Waals surface area contributed by atoms with E-state index < -0.39 is 5.60 Å². The number of pyridine rings is 1. The molecule has 0 spiro atoms. The predicted molar refractivity (Wildman–Crippen MR) is 66.5 cm³/mol. The van der Waals surface area contributed by atoms with Crippen molar-refractivity contribution in [2.45, 2.75) is 51.4 Å². The molecule has 0 amide bonds. The van der Waals surface area contributed by atoms with E-state index in [0.717, 1.165) is 11.1 Å². The highest BCUT2D eigenvalue weighted by Gasteiger charge is 2.39. The fraction of sp³-hybridized carbons (Fsp3) is 0.615. The van der Waals surface area contributed by atoms with E-state index >= 15 is 0 Å². The summed E-state index contributed by atoms with van der Waals surface area (Å²) in [6, 6.07) is 1.92. The Hall–Kier alpha value is -1.13. The van der Waals surface area contributed by atoms with E-state index in [4.69, 9.17) is 10.5 Å². The van der Waals surface area contributed by atoms with Crippen LogP contribution in [0, 0.1) is 6.92 Å². The van der Waals surface area contributed by atoms with E-state index in [1.807, 2.05) is 26.8 Å². The number of nitrogens with zero attached hydrogens (tertiary/aromatic N) is 1. The SMILES string of the molecule is Cc1cnc(N)c(C2(O)CC(C)OC(C)C2)c1. The fourth-order valence-electron chi connectivity index (χ4n) is 2.70. The highest BCUT2D eigenvalue weighted by Crippen LogP contribution is 2.39. The molecule has 1 aliphatic rings. The molecule has 0 aliphatic carbocycles. The van der Waals surface area contributed by atoms with Crippen LogP contribution in [0.15, 0.2) is 12.3 Å². The summed E-state index contributed by atoms with van der Waals surface area (Å²) in [6.07, 6.45) is 2.90. The van der Waals surface area contributed by atoms with Gasteiger partial charge in [-0.05, 0) is 32.4 Å². The minimum atomic E-state index is -0.916. The van der Waals surface area contributed by atoms with Gasteiger partial charge in [0.05, 0.1) is 17.8 Å². The number of aromatic nitrogens is 1. The Morgan fingerprint density at radius 2 is 2.00 bits per heavy atom. The van der Waals surface area contributed by atoms with Gasteiger partial charge in [0.2, 0.25) is 0 Å². The van der Waals surface area contributed by atoms with E-state index in [2.05, 4.69) is 4.98 Å². The van der Waals surface area contributed by atoms with E-state index in [1.54, 1.807) is 6.20 Å². The first kappa shape index (κ1) is 12.3. The Balaban J connectivity index is 2.39. The maximum Gasteiger partial charge on any atom is 0.129 e. The lowest BCUT2D eigenvalue weighted by Crippen LogP contribution is -2.41. The molecule has 94 valence electrons. The van der Waals surface area contributed by atoms with Gasteiger partial charge in [0.25, 0.3) is 0 Å². The zero-order valence-corrected chi connectivity index (χ0v) is 10.6. The monoisotopic (exact) mass is 236 g/mol. The van der Waals surface area contributed by atoms with Crippen molar-refractivity contribution in [1.29, 1.82) is 0 Å². The second-order valence-electron chi connectivity index (χ2n) is 5.14. The molecule has 17 heavy (non-hydrogen) atoms. The minimum absolute atomic E-state index is 0.0312. The van der Waals surface area contributed by atoms with Crippen molar-refractivity contribution >= 4 is 5.82 Å². The topological polar surface area (TPSA) is 68.4 Å². The quantitative estimate of drug-likeness (QED) is 0.779. The second-order valence-corrected chi connectivity index (χ2v) is 5.14. The summed E-state index contributed by atoms with van der Waals surface area (Å²) in [7, 11) is 0. The fourth-order valence-corrected chi connectivity index (χ4v) is 2.70. The van der Waals surface area contributed by atoms with E-state index in [1.165, 1.54) is 0 Å². The van der Waals surface area contributed by atoms with Gasteiger partial charge in [-0.15, -0.1) is 0 Å². The number of aryl methyl sites for hydroxylation is 1. The van der Waals surface area contributed by atoms with Crippen molar-refractivity contribution in [1.82, 2.24) is 4.98 Å². The van der Waals surface area contributed by atoms with Crippen LogP contribution in [0.25, 0.3) is 0 Å². The van der Waals surface area contributed by atoms with Crippen molar-refractivity contribution in [2.24, 2.45) is 0 Å². The molecule has 3 N–H and O–H groups in total. The third-order valence-corrected chi connectivity index (χ3v) is 3.27. The Bertz CT molecular complexity index is 410. The molecule has 0 saturated carbocycles. The lowest BCUT2D eigenvalue weighted by Gasteiger charge is -2.39. The van der Waals surface area contributed by atoms with E-state index in [-0.39, 0.29) is 12.2 Å². The molecule has 2 atom stereocenters. The third kappa shape index (κ3) is 2.42. The standard InChI is InChI=1S/C13H20N2O2/c1-8-4-11(12(14)15-7-8)13(16)5-9(2)17-10(3)6-13/h4,7,9-10,16H,5-6H2,1-3H3,(H2,14,15). The number of ether oxygens (including phenoxy) is 1. The average Bonchev–Trinajstić information content (AvgIpc) is 2.19. The number of rotatable bonds is 1. The van der Waals surface area contributed by atoms with Gasteiger partial charge in [-0.1, -0.05) is 0 Å². The van der Waals surface area contributed by atoms with Crippen molar-refractivity contribution in [3.05, 3.63) is 23.4 Å². The molecule has 1 aromatic rings. The summed E-state index contributed by atoms with van der Waals surface area (Å²) < 4.78 is 5.65. The van der Waals surface area contributed by atoms with Gasteiger partial charge in [-0.25, -0.2) is 4.98 Å². The summed E-state index contributed by atoms with van der Waals surface area (Å²) in [5, 5.41) is 10.8. The Morgan fingerprint density at radius 1 is 1.41 bits per heavy atom. The summed E-state index contributed by atoms with van der Waals surface area (Å²) in [5.41, 5.74) is 6.71. The number of hydrogen-bond donors (Lipinski definition) is 2. The van der Waals surface area contributed by atoms with Gasteiger partial charge < -0.3 is 15.6 Å². The zero-order chi connectivity index (χ0) is 12.6. The highest BCUT2D eigenvalue weighted by atomic mass is 16.5. The molecule has 1 fully saturated rings. The van der Waals surface area contributed by atoms with Gasteiger partial charge >= 0.3 is 0 Å². The van der Waals surface area contributed by atoms with Gasteiger partial charge in [-0.3, -0.25) is 0 Å². The van der Waals surface area contributed by atoms with Crippen molar-refractivity contribution in [2.75, 3.05) is 5.73 Å². The second kappa shape index (κ2) is 4.27. The van der Waals surface area contributed by atoms with Crippen molar-refractivity contribution in [3.63, 3.8) is 0 Å². The van der Waals surface area contributed by atoms with Crippen LogP contribution in [-0.2, 0) is 10.3 Å². The molecule has 0 aromatic carbocycles. The summed E-state index contributed by atoms with van der Waals surface area (Å²) >= 11 is 0. The van der Waals surface area contributed by atoms with Gasteiger partial charge in [0.1, 0.15) is 5.82 Å². The molecule has 4 nitrogen and oxygen atoms in total. The molecule has 4 heteroatoms. The Labute approximate surface area is 102 Å². The van der Waals surface area contributed by atoms with Crippen LogP contribution in [0.3, 0.4) is 0 Å². The maximum atomic E-state index is 10.8. The molecular formula is C13H20N2O2. The van der Waals surface area contributed by atoms with Crippen LogP contribution in [0.5, 0.6) is 0 Å². The summed E-state index contributed by atoms with van der Waals surface area (Å²) in [6.45, 7) is 5.89. The maximum absolute atomic E-state index is 10.8. The average molecular weight is 236 g/mol. The first-order chi connectivity index (χ1) is 7.90. The van der Waals surface area contributed by atoms with Crippen LogP contribution in [0.1, 0.15) is 37.8 Å². The van der Waals surface area contributed by atoms with Crippen LogP contribution in [-0.4, -0.2) is 22.3 Å². The van der Waals surface area contributed by atoms with Crippen LogP contribution in [0.4, 0.5) is 5.82 Å². The predicted octanol–water partition coefficient (Wildman–Crippen LogP) is 1.75. The smallest absolute Gasteiger partial charge is 0.129 e. The Kier molecular flexibility index (Phi) is 3.10. The zero-order valence-electron chi connectivity index (χ0n) is 10.6. The van der Waals surface area contributed by atoms with Crippen molar-refractivity contribution < 1.29 is 9.84 Å². The summed E-state index contributed by atoms with van der Waals surface area (Å²) in [5.74, 6) is 0.416. The number of nitrogens with two attached hydrogens (primary N) is 1. The lowest BCUT2D eigenvalue weighted by molar-refractivity contribution is -0.135. The van der Waals surface area contributed by atoms with Crippen molar-refractivity contribution in [3.8, 4) is 0 Å². The number of hydrogen-bond acceptors (Lipinski definition) is 4. The minimum Gasteiger partial charge on any atom is -0.385 e. The molecule has 2 unspecified atom stereocenters. The van der Waals surface area contributed by atoms with Crippen LogP contribution >= 0.6 is 0 Å². The van der Waals surface area contributed by atoms with E-state index in [0.29, 0.717) is 18.7 Å². The molecule has 1 saturated heterocycles. The molecule has 1 aromatic heterocycles. The van der Waals surface area contributed by atoms with Gasteiger partial charge in [0, 0.05) is 24.6 Å². The molecular weight excluding hydrogens is 216 g/mol. The molecule has 2 heterocycles. The van der Waals surface area contributed by atoms with E-state index in [9.17, 15) is 5.11 Å². The summed E-state index contributed by atoms with van der Waals surface area (Å²) in [4.78, 5) is 4.13. The van der Waals surface area contributed by atoms with Gasteiger partial charge in [-0.2, -0.15) is 0 Å². The molecule has 2 rings (SSSR count). The number of nitrogen functional groups attached to an aromatic ring is 1. The first-order valence-electron chi connectivity index (χ1n) is 6.01. The normalized spacial score (nSPS) is 33.6. The molecule has 0 bridgehead atoms. The largest absolute Gasteiger partial charge is 0.385 e. The Morgan fingerprint density at radius 3 is 2.59 bits per heavy atom. The third-order valence-electron chi connectivity index (χ3n) is 3.27. The van der Waals surface area contributed by atoms with Crippen LogP contribution < -0.4 is 5.73 Å². The highest BCUT2D eigenvalue weighted by molar-refractivity contribution is 5.45. The number of anilines is 1. The lowest BCUT2D eigenvalue weighted by atomic mass is 9.81. The molecule has 1 aliphatic heterocycles. The molecule has 0 radical (unpaired) electrons. The van der Waals surface area contributed by atoms with Crippen LogP contribution in [0.2, 0.25) is 0 Å². The number of aliphatic hydroxyl groups is 1. The van der Waals surface area contributed by atoms with Gasteiger partial charge in [0.15, 0.2) is 0 Å². The first-order valence-corrected chi connectivity index (χ1v) is 6.01.